The fraction of sp³-hybridized carbons (Fsp3) is 0.722. The smallest absolute Gasteiger partial charge is 0.252 e. The Bertz CT molecular complexity index is 629. The van der Waals surface area contributed by atoms with Gasteiger partial charge in [0.1, 0.15) is 4.21 Å². The molecule has 0 aliphatic carbocycles. The molecule has 2 rings (SSSR count). The number of amides is 1. The molecule has 5 nitrogen and oxygen atoms in total. The molecule has 2 heterocycles. The van der Waals surface area contributed by atoms with Crippen LogP contribution in [0.15, 0.2) is 21.7 Å². The third kappa shape index (κ3) is 5.53. The van der Waals surface area contributed by atoms with E-state index in [4.69, 9.17) is 0 Å². The maximum absolute atomic E-state index is 12.7. The molecule has 0 aromatic carbocycles. The van der Waals surface area contributed by atoms with Crippen molar-refractivity contribution in [2.75, 3.05) is 19.6 Å². The van der Waals surface area contributed by atoms with Crippen molar-refractivity contribution < 1.29 is 13.2 Å². The summed E-state index contributed by atoms with van der Waals surface area (Å²) < 4.78 is 27.1. The minimum absolute atomic E-state index is 0.000952. The second kappa shape index (κ2) is 9.69. The zero-order chi connectivity index (χ0) is 18.3. The monoisotopic (exact) mass is 386 g/mol. The molecule has 0 bridgehead atoms. The van der Waals surface area contributed by atoms with Crippen LogP contribution in [0.5, 0.6) is 0 Å². The summed E-state index contributed by atoms with van der Waals surface area (Å²) in [7, 11) is -3.46. The quantitative estimate of drug-likeness (QED) is 0.706. The Morgan fingerprint density at radius 1 is 1.44 bits per heavy atom. The summed E-state index contributed by atoms with van der Waals surface area (Å²) in [6.45, 7) is 5.82. The molecule has 0 unspecified atom stereocenters. The van der Waals surface area contributed by atoms with Crippen molar-refractivity contribution >= 4 is 27.3 Å². The number of carbonyl (C=O) groups is 1. The summed E-state index contributed by atoms with van der Waals surface area (Å²) in [6.07, 6.45) is 6.04. The highest BCUT2D eigenvalue weighted by Crippen LogP contribution is 2.26. The SMILES string of the molecule is CCCC[C@H](CC)CNC(=O)[C@H]1CCCN(S(=O)(=O)c2cccs2)C1. The predicted octanol–water partition coefficient (Wildman–Crippen LogP) is 3.48. The number of sulfonamides is 1. The van der Waals surface area contributed by atoms with E-state index >= 15 is 0 Å². The van der Waals surface area contributed by atoms with Crippen LogP contribution in [0.2, 0.25) is 0 Å². The fourth-order valence-electron chi connectivity index (χ4n) is 3.24. The van der Waals surface area contributed by atoms with Crippen molar-refractivity contribution in [3.8, 4) is 0 Å². The minimum Gasteiger partial charge on any atom is -0.356 e. The van der Waals surface area contributed by atoms with Crippen LogP contribution in [0, 0.1) is 11.8 Å². The Morgan fingerprint density at radius 2 is 2.24 bits per heavy atom. The first-order valence-corrected chi connectivity index (χ1v) is 11.6. The Hall–Kier alpha value is -0.920. The van der Waals surface area contributed by atoms with E-state index in [0.29, 0.717) is 23.2 Å². The van der Waals surface area contributed by atoms with E-state index in [0.717, 1.165) is 25.7 Å². The molecule has 0 radical (unpaired) electrons. The largest absolute Gasteiger partial charge is 0.356 e. The zero-order valence-electron chi connectivity index (χ0n) is 15.2. The topological polar surface area (TPSA) is 66.5 Å². The van der Waals surface area contributed by atoms with Gasteiger partial charge in [0.25, 0.3) is 10.0 Å². The molecule has 25 heavy (non-hydrogen) atoms. The maximum atomic E-state index is 12.7. The van der Waals surface area contributed by atoms with Gasteiger partial charge in [-0.1, -0.05) is 39.2 Å². The van der Waals surface area contributed by atoms with Crippen LogP contribution in [-0.2, 0) is 14.8 Å². The lowest BCUT2D eigenvalue weighted by molar-refractivity contribution is -0.126. The summed E-state index contributed by atoms with van der Waals surface area (Å²) >= 11 is 1.23. The van der Waals surface area contributed by atoms with Gasteiger partial charge in [0.2, 0.25) is 5.91 Å². The first-order chi connectivity index (χ1) is 12.0. The van der Waals surface area contributed by atoms with Crippen LogP contribution in [-0.4, -0.2) is 38.3 Å². The van der Waals surface area contributed by atoms with Gasteiger partial charge >= 0.3 is 0 Å². The lowest BCUT2D eigenvalue weighted by atomic mass is 9.96. The first-order valence-electron chi connectivity index (χ1n) is 9.30. The van der Waals surface area contributed by atoms with Crippen LogP contribution in [0.3, 0.4) is 0 Å². The maximum Gasteiger partial charge on any atom is 0.252 e. The number of nitrogens with one attached hydrogen (secondary N) is 1. The fourth-order valence-corrected chi connectivity index (χ4v) is 5.91. The number of unbranched alkanes of at least 4 members (excludes halogenated alkanes) is 1. The van der Waals surface area contributed by atoms with Crippen LogP contribution < -0.4 is 5.32 Å². The molecule has 1 aliphatic rings. The summed E-state index contributed by atoms with van der Waals surface area (Å²) in [5, 5.41) is 4.83. The van der Waals surface area contributed by atoms with E-state index in [2.05, 4.69) is 19.2 Å². The van der Waals surface area contributed by atoms with E-state index in [1.807, 2.05) is 0 Å². The van der Waals surface area contributed by atoms with Gasteiger partial charge in [-0.3, -0.25) is 4.79 Å². The van der Waals surface area contributed by atoms with E-state index in [-0.39, 0.29) is 18.4 Å². The highest BCUT2D eigenvalue weighted by molar-refractivity contribution is 7.91. The van der Waals surface area contributed by atoms with Crippen molar-refractivity contribution in [2.24, 2.45) is 11.8 Å². The number of carbonyl (C=O) groups excluding carboxylic acids is 1. The number of hydrogen-bond acceptors (Lipinski definition) is 4. The molecule has 1 N–H and O–H groups in total. The number of nitrogens with zero attached hydrogens (tertiary/aromatic N) is 1. The van der Waals surface area contributed by atoms with Crippen LogP contribution in [0.1, 0.15) is 52.4 Å². The molecular formula is C18H30N2O3S2. The number of hydrogen-bond donors (Lipinski definition) is 1. The van der Waals surface area contributed by atoms with Gasteiger partial charge < -0.3 is 5.32 Å². The van der Waals surface area contributed by atoms with Crippen molar-refractivity contribution in [1.29, 1.82) is 0 Å². The van der Waals surface area contributed by atoms with Crippen LogP contribution in [0.4, 0.5) is 0 Å². The summed E-state index contributed by atoms with van der Waals surface area (Å²) in [5.74, 6) is 0.270. The van der Waals surface area contributed by atoms with E-state index < -0.39 is 10.0 Å². The van der Waals surface area contributed by atoms with Gasteiger partial charge in [-0.15, -0.1) is 11.3 Å². The molecule has 7 heteroatoms. The normalized spacial score (nSPS) is 20.3. The van der Waals surface area contributed by atoms with Crippen molar-refractivity contribution in [3.63, 3.8) is 0 Å². The molecule has 142 valence electrons. The Kier molecular flexibility index (Phi) is 7.90. The minimum atomic E-state index is -3.46. The van der Waals surface area contributed by atoms with E-state index in [9.17, 15) is 13.2 Å². The Morgan fingerprint density at radius 3 is 2.88 bits per heavy atom. The molecular weight excluding hydrogens is 356 g/mol. The van der Waals surface area contributed by atoms with Gasteiger partial charge in [-0.2, -0.15) is 4.31 Å². The molecule has 1 aromatic rings. The lowest BCUT2D eigenvalue weighted by Crippen LogP contribution is -2.45. The van der Waals surface area contributed by atoms with Crippen molar-refractivity contribution in [3.05, 3.63) is 17.5 Å². The lowest BCUT2D eigenvalue weighted by Gasteiger charge is -2.31. The molecule has 1 aromatic heterocycles. The van der Waals surface area contributed by atoms with Crippen LogP contribution >= 0.6 is 11.3 Å². The first kappa shape index (κ1) is 20.4. The number of piperidine rings is 1. The van der Waals surface area contributed by atoms with E-state index in [1.165, 1.54) is 28.5 Å². The van der Waals surface area contributed by atoms with Gasteiger partial charge in [0.15, 0.2) is 0 Å². The number of rotatable bonds is 9. The highest BCUT2D eigenvalue weighted by Gasteiger charge is 2.33. The standard InChI is InChI=1S/C18H30N2O3S2/c1-3-5-8-15(4-2)13-19-18(21)16-9-6-11-20(14-16)25(22,23)17-10-7-12-24-17/h7,10,12,15-16H,3-6,8-9,11,13-14H2,1-2H3,(H,19,21)/t15-,16-/m0/s1. The van der Waals surface area contributed by atoms with Crippen LogP contribution in [0.25, 0.3) is 0 Å². The average Bonchev–Trinajstić information content (AvgIpc) is 3.17. The molecule has 2 atom stereocenters. The highest BCUT2D eigenvalue weighted by atomic mass is 32.2. The van der Waals surface area contributed by atoms with Crippen molar-refractivity contribution in [1.82, 2.24) is 9.62 Å². The Balaban J connectivity index is 1.91. The second-order valence-corrected chi connectivity index (χ2v) is 9.91. The zero-order valence-corrected chi connectivity index (χ0v) is 16.9. The predicted molar refractivity (Wildman–Crippen MR) is 102 cm³/mol. The Labute approximate surface area is 155 Å². The summed E-state index contributed by atoms with van der Waals surface area (Å²) in [5.41, 5.74) is 0. The molecule has 1 aliphatic heterocycles. The van der Waals surface area contributed by atoms with Crippen molar-refractivity contribution in [2.45, 2.75) is 56.6 Å². The molecule has 1 amide bonds. The molecule has 0 saturated carbocycles. The molecule has 1 saturated heterocycles. The average molecular weight is 387 g/mol. The third-order valence-corrected chi connectivity index (χ3v) is 8.19. The molecule has 0 spiro atoms. The molecule has 1 fully saturated rings. The van der Waals surface area contributed by atoms with Gasteiger partial charge in [-0.25, -0.2) is 8.42 Å². The summed E-state index contributed by atoms with van der Waals surface area (Å²) in [6, 6.07) is 3.37. The second-order valence-electron chi connectivity index (χ2n) is 6.80. The van der Waals surface area contributed by atoms with Gasteiger partial charge in [0.05, 0.1) is 5.92 Å². The number of thiophene rings is 1. The van der Waals surface area contributed by atoms with Gasteiger partial charge in [0, 0.05) is 19.6 Å². The summed E-state index contributed by atoms with van der Waals surface area (Å²) in [4.78, 5) is 12.5. The van der Waals surface area contributed by atoms with E-state index in [1.54, 1.807) is 17.5 Å². The third-order valence-electron chi connectivity index (χ3n) is 4.95. The van der Waals surface area contributed by atoms with Gasteiger partial charge in [-0.05, 0) is 36.6 Å².